The van der Waals surface area contributed by atoms with Crippen LogP contribution < -0.4 is 0 Å². The average Bonchev–Trinajstić information content (AvgIpc) is 2.26. The van der Waals surface area contributed by atoms with E-state index < -0.39 is 0 Å². The van der Waals surface area contributed by atoms with Gasteiger partial charge in [-0.1, -0.05) is 25.1 Å². The summed E-state index contributed by atoms with van der Waals surface area (Å²) in [5.74, 6) is 0.0350. The zero-order valence-electron chi connectivity index (χ0n) is 8.07. The van der Waals surface area contributed by atoms with Gasteiger partial charge in [-0.05, 0) is 18.6 Å². The van der Waals surface area contributed by atoms with Crippen LogP contribution in [0.3, 0.4) is 0 Å². The molecular weight excluding hydrogens is 200 g/mol. The van der Waals surface area contributed by atoms with Crippen LogP contribution in [0.5, 0.6) is 0 Å². The van der Waals surface area contributed by atoms with E-state index in [4.69, 9.17) is 16.3 Å². The van der Waals surface area contributed by atoms with E-state index in [-0.39, 0.29) is 12.1 Å². The van der Waals surface area contributed by atoms with Gasteiger partial charge in [0, 0.05) is 0 Å². The molecule has 76 valence electrons. The molecule has 0 aliphatic heterocycles. The third-order valence-electron chi connectivity index (χ3n) is 1.91. The van der Waals surface area contributed by atoms with Gasteiger partial charge in [0.15, 0.2) is 0 Å². The molecule has 0 aromatic heterocycles. The molecule has 2 nitrogen and oxygen atoms in total. The van der Waals surface area contributed by atoms with Crippen LogP contribution >= 0.6 is 11.6 Å². The fourth-order valence-corrected chi connectivity index (χ4v) is 1.30. The maximum absolute atomic E-state index is 11.5. The van der Waals surface area contributed by atoms with Crippen LogP contribution in [0.2, 0.25) is 0 Å². The number of rotatable bonds is 4. The Balaban J connectivity index is 2.59. The van der Waals surface area contributed by atoms with Gasteiger partial charge in [0.25, 0.3) is 0 Å². The first kappa shape index (κ1) is 11.1. The zero-order valence-corrected chi connectivity index (χ0v) is 8.83. The SMILES string of the molecule is CCC(CCl)OC(=O)c1ccccc1. The normalized spacial score (nSPS) is 12.1. The highest BCUT2D eigenvalue weighted by Crippen LogP contribution is 2.07. The highest BCUT2D eigenvalue weighted by molar-refractivity contribution is 6.18. The van der Waals surface area contributed by atoms with Crippen LogP contribution in [0.1, 0.15) is 23.7 Å². The summed E-state index contributed by atoms with van der Waals surface area (Å²) in [5, 5.41) is 0. The summed E-state index contributed by atoms with van der Waals surface area (Å²) in [4.78, 5) is 11.5. The average molecular weight is 213 g/mol. The van der Waals surface area contributed by atoms with Crippen molar-refractivity contribution in [3.8, 4) is 0 Å². The molecule has 0 bridgehead atoms. The lowest BCUT2D eigenvalue weighted by molar-refractivity contribution is 0.0341. The van der Waals surface area contributed by atoms with Crippen molar-refractivity contribution in [3.05, 3.63) is 35.9 Å². The molecule has 0 amide bonds. The van der Waals surface area contributed by atoms with Gasteiger partial charge in [-0.2, -0.15) is 0 Å². The van der Waals surface area contributed by atoms with Gasteiger partial charge in [-0.3, -0.25) is 0 Å². The van der Waals surface area contributed by atoms with Crippen LogP contribution in [0.15, 0.2) is 30.3 Å². The molecule has 0 saturated heterocycles. The lowest BCUT2D eigenvalue weighted by Gasteiger charge is -2.12. The summed E-state index contributed by atoms with van der Waals surface area (Å²) in [5.41, 5.74) is 0.566. The largest absolute Gasteiger partial charge is 0.458 e. The van der Waals surface area contributed by atoms with Crippen molar-refractivity contribution in [1.82, 2.24) is 0 Å². The summed E-state index contributed by atoms with van der Waals surface area (Å²) >= 11 is 5.62. The molecule has 1 atom stereocenters. The predicted molar refractivity (Wildman–Crippen MR) is 56.7 cm³/mol. The summed E-state index contributed by atoms with van der Waals surface area (Å²) < 4.78 is 5.16. The molecule has 0 heterocycles. The molecule has 0 radical (unpaired) electrons. The fraction of sp³-hybridized carbons (Fsp3) is 0.364. The Morgan fingerprint density at radius 1 is 1.43 bits per heavy atom. The molecule has 0 N–H and O–H groups in total. The highest BCUT2D eigenvalue weighted by atomic mass is 35.5. The first-order valence-electron chi connectivity index (χ1n) is 4.60. The second kappa shape index (κ2) is 5.66. The third-order valence-corrected chi connectivity index (χ3v) is 2.25. The smallest absolute Gasteiger partial charge is 0.338 e. The molecule has 1 unspecified atom stereocenters. The molecular formula is C11H13ClO2. The Morgan fingerprint density at radius 3 is 2.57 bits per heavy atom. The van der Waals surface area contributed by atoms with Crippen LogP contribution in [0.25, 0.3) is 0 Å². The predicted octanol–water partition coefficient (Wildman–Crippen LogP) is 2.86. The maximum Gasteiger partial charge on any atom is 0.338 e. The van der Waals surface area contributed by atoms with E-state index in [0.29, 0.717) is 11.4 Å². The topological polar surface area (TPSA) is 26.3 Å². The summed E-state index contributed by atoms with van der Waals surface area (Å²) in [6.45, 7) is 1.94. The number of hydrogen-bond acceptors (Lipinski definition) is 2. The van der Waals surface area contributed by atoms with Gasteiger partial charge in [0.05, 0.1) is 11.4 Å². The van der Waals surface area contributed by atoms with Gasteiger partial charge < -0.3 is 4.74 Å². The molecule has 0 aliphatic carbocycles. The number of alkyl halides is 1. The van der Waals surface area contributed by atoms with Crippen molar-refractivity contribution in [1.29, 1.82) is 0 Å². The van der Waals surface area contributed by atoms with Crippen molar-refractivity contribution in [2.75, 3.05) is 5.88 Å². The van der Waals surface area contributed by atoms with Crippen LogP contribution in [-0.2, 0) is 4.74 Å². The Labute approximate surface area is 88.8 Å². The number of carbonyl (C=O) groups excluding carboxylic acids is 1. The Hall–Kier alpha value is -1.02. The summed E-state index contributed by atoms with van der Waals surface area (Å²) in [7, 11) is 0. The number of carbonyl (C=O) groups is 1. The molecule has 3 heteroatoms. The number of ether oxygens (including phenoxy) is 1. The zero-order chi connectivity index (χ0) is 10.4. The first-order chi connectivity index (χ1) is 6.77. The van der Waals surface area contributed by atoms with E-state index >= 15 is 0 Å². The van der Waals surface area contributed by atoms with Gasteiger partial charge in [0.2, 0.25) is 0 Å². The van der Waals surface area contributed by atoms with Gasteiger partial charge in [-0.25, -0.2) is 4.79 Å². The molecule has 1 aromatic carbocycles. The Kier molecular flexibility index (Phi) is 4.47. The minimum atomic E-state index is -0.307. The maximum atomic E-state index is 11.5. The van der Waals surface area contributed by atoms with E-state index in [0.717, 1.165) is 6.42 Å². The van der Waals surface area contributed by atoms with Gasteiger partial charge in [0.1, 0.15) is 6.10 Å². The number of halogens is 1. The number of benzene rings is 1. The molecule has 0 spiro atoms. The standard InChI is InChI=1S/C11H13ClO2/c1-2-10(8-12)14-11(13)9-6-4-3-5-7-9/h3-7,10H,2,8H2,1H3. The monoisotopic (exact) mass is 212 g/mol. The molecule has 1 rings (SSSR count). The fourth-order valence-electron chi connectivity index (χ4n) is 1.02. The van der Waals surface area contributed by atoms with Gasteiger partial charge >= 0.3 is 5.97 Å². The molecule has 0 fully saturated rings. The number of esters is 1. The minimum absolute atomic E-state index is 0.190. The lowest BCUT2D eigenvalue weighted by atomic mass is 10.2. The Morgan fingerprint density at radius 2 is 2.07 bits per heavy atom. The van der Waals surface area contributed by atoms with E-state index in [1.165, 1.54) is 0 Å². The Bertz CT molecular complexity index is 281. The van der Waals surface area contributed by atoms with Crippen LogP contribution in [0, 0.1) is 0 Å². The second-order valence-corrected chi connectivity index (χ2v) is 3.26. The minimum Gasteiger partial charge on any atom is -0.458 e. The van der Waals surface area contributed by atoms with Crippen molar-refractivity contribution in [2.45, 2.75) is 19.4 Å². The molecule has 1 aromatic rings. The molecule has 14 heavy (non-hydrogen) atoms. The van der Waals surface area contributed by atoms with Crippen molar-refractivity contribution < 1.29 is 9.53 Å². The first-order valence-corrected chi connectivity index (χ1v) is 5.13. The van der Waals surface area contributed by atoms with Crippen LogP contribution in [0.4, 0.5) is 0 Å². The van der Waals surface area contributed by atoms with E-state index in [1.54, 1.807) is 24.3 Å². The van der Waals surface area contributed by atoms with Gasteiger partial charge in [-0.15, -0.1) is 11.6 Å². The summed E-state index contributed by atoms with van der Waals surface area (Å²) in [6.07, 6.45) is 0.548. The highest BCUT2D eigenvalue weighted by Gasteiger charge is 2.12. The molecule has 0 saturated carbocycles. The second-order valence-electron chi connectivity index (χ2n) is 2.96. The number of hydrogen-bond donors (Lipinski definition) is 0. The van der Waals surface area contributed by atoms with E-state index in [9.17, 15) is 4.79 Å². The van der Waals surface area contributed by atoms with Crippen molar-refractivity contribution in [3.63, 3.8) is 0 Å². The van der Waals surface area contributed by atoms with E-state index in [1.807, 2.05) is 13.0 Å². The third kappa shape index (κ3) is 3.04. The summed E-state index contributed by atoms with van der Waals surface area (Å²) in [6, 6.07) is 8.92. The van der Waals surface area contributed by atoms with E-state index in [2.05, 4.69) is 0 Å². The van der Waals surface area contributed by atoms with Crippen LogP contribution in [-0.4, -0.2) is 18.0 Å². The quantitative estimate of drug-likeness (QED) is 0.567. The van der Waals surface area contributed by atoms with Crippen molar-refractivity contribution in [2.24, 2.45) is 0 Å². The molecule has 0 aliphatic rings. The van der Waals surface area contributed by atoms with Crippen molar-refractivity contribution >= 4 is 17.6 Å². The lowest BCUT2D eigenvalue weighted by Crippen LogP contribution is -2.18.